The van der Waals surface area contributed by atoms with Crippen LogP contribution in [0.1, 0.15) is 31.2 Å². The van der Waals surface area contributed by atoms with E-state index >= 15 is 0 Å². The van der Waals surface area contributed by atoms with Crippen LogP contribution in [0.25, 0.3) is 0 Å². The molecule has 2 aliphatic rings. The van der Waals surface area contributed by atoms with Gasteiger partial charge in [-0.25, -0.2) is 4.39 Å². The molecule has 4 rings (SSSR count). The minimum atomic E-state index is -1.53. The van der Waals surface area contributed by atoms with Crippen molar-refractivity contribution >= 4 is 17.7 Å². The molecule has 2 aliphatic heterocycles. The van der Waals surface area contributed by atoms with Crippen LogP contribution in [0.15, 0.2) is 48.8 Å². The number of carbonyl (C=O) groups excluding carboxylic acids is 3. The SMILES string of the molecule is CN(C)CCN1C(=O)C[C@](CC(=O)N2CCC(Oc3cccnc3)CC2)(c2ccccc2F)C1=O. The lowest BCUT2D eigenvalue weighted by atomic mass is 9.75. The van der Waals surface area contributed by atoms with E-state index in [2.05, 4.69) is 4.98 Å². The first-order chi connectivity index (χ1) is 16.8. The second-order valence-electron chi connectivity index (χ2n) is 9.46. The number of amides is 3. The summed E-state index contributed by atoms with van der Waals surface area (Å²) in [5.74, 6) is -1.04. The number of aromatic nitrogens is 1. The average Bonchev–Trinajstić information content (AvgIpc) is 3.08. The normalized spacial score (nSPS) is 21.1. The minimum absolute atomic E-state index is 0.0417. The maximum Gasteiger partial charge on any atom is 0.241 e. The van der Waals surface area contributed by atoms with Gasteiger partial charge in [-0.05, 0) is 32.3 Å². The highest BCUT2D eigenvalue weighted by atomic mass is 19.1. The predicted octanol–water partition coefficient (Wildman–Crippen LogP) is 2.24. The summed E-state index contributed by atoms with van der Waals surface area (Å²) < 4.78 is 20.9. The third-order valence-corrected chi connectivity index (χ3v) is 6.75. The van der Waals surface area contributed by atoms with Crippen LogP contribution in [0.5, 0.6) is 5.75 Å². The molecule has 186 valence electrons. The van der Waals surface area contributed by atoms with Crippen LogP contribution in [0.4, 0.5) is 4.39 Å². The fourth-order valence-corrected chi connectivity index (χ4v) is 4.82. The number of benzene rings is 1. The van der Waals surface area contributed by atoms with Crippen LogP contribution in [-0.2, 0) is 19.8 Å². The number of hydrogen-bond donors (Lipinski definition) is 0. The fourth-order valence-electron chi connectivity index (χ4n) is 4.82. The second kappa shape index (κ2) is 10.5. The molecule has 0 aliphatic carbocycles. The molecule has 0 saturated carbocycles. The van der Waals surface area contributed by atoms with E-state index in [4.69, 9.17) is 4.74 Å². The van der Waals surface area contributed by atoms with Crippen LogP contribution in [0.2, 0.25) is 0 Å². The minimum Gasteiger partial charge on any atom is -0.489 e. The van der Waals surface area contributed by atoms with Crippen molar-refractivity contribution in [1.29, 1.82) is 0 Å². The van der Waals surface area contributed by atoms with Gasteiger partial charge in [0, 0.05) is 63.6 Å². The van der Waals surface area contributed by atoms with Gasteiger partial charge in [0.05, 0.1) is 11.6 Å². The summed E-state index contributed by atoms with van der Waals surface area (Å²) in [4.78, 5) is 48.7. The first-order valence-corrected chi connectivity index (χ1v) is 11.9. The Morgan fingerprint density at radius 3 is 2.57 bits per heavy atom. The summed E-state index contributed by atoms with van der Waals surface area (Å²) in [6.07, 6.45) is 4.10. The summed E-state index contributed by atoms with van der Waals surface area (Å²) in [7, 11) is 3.70. The number of pyridine rings is 1. The van der Waals surface area contributed by atoms with Crippen LogP contribution in [0.3, 0.4) is 0 Å². The number of likely N-dealkylation sites (N-methyl/N-ethyl adjacent to an activating group) is 1. The molecule has 1 aromatic carbocycles. The van der Waals surface area contributed by atoms with Crippen molar-refractivity contribution in [1.82, 2.24) is 19.7 Å². The summed E-state index contributed by atoms with van der Waals surface area (Å²) in [5, 5.41) is 0. The van der Waals surface area contributed by atoms with Crippen LogP contribution in [-0.4, -0.2) is 83.8 Å². The Morgan fingerprint density at radius 1 is 1.17 bits per heavy atom. The smallest absolute Gasteiger partial charge is 0.241 e. The van der Waals surface area contributed by atoms with Gasteiger partial charge in [-0.2, -0.15) is 0 Å². The largest absolute Gasteiger partial charge is 0.489 e. The molecule has 1 atom stereocenters. The Balaban J connectivity index is 1.49. The number of imide groups is 1. The summed E-state index contributed by atoms with van der Waals surface area (Å²) in [6, 6.07) is 9.59. The molecule has 0 unspecified atom stereocenters. The lowest BCUT2D eigenvalue weighted by Crippen LogP contribution is -2.47. The zero-order valence-corrected chi connectivity index (χ0v) is 20.2. The third-order valence-electron chi connectivity index (χ3n) is 6.75. The molecule has 0 bridgehead atoms. The molecule has 0 radical (unpaired) electrons. The monoisotopic (exact) mass is 482 g/mol. The zero-order valence-electron chi connectivity index (χ0n) is 20.2. The first-order valence-electron chi connectivity index (χ1n) is 11.9. The topological polar surface area (TPSA) is 83.1 Å². The highest BCUT2D eigenvalue weighted by molar-refractivity contribution is 6.10. The van der Waals surface area contributed by atoms with Crippen LogP contribution >= 0.6 is 0 Å². The number of carbonyl (C=O) groups is 3. The summed E-state index contributed by atoms with van der Waals surface area (Å²) in [6.45, 7) is 1.61. The summed E-state index contributed by atoms with van der Waals surface area (Å²) in [5.41, 5.74) is -1.43. The average molecular weight is 483 g/mol. The standard InChI is InChI=1S/C26H31FN4O4/c1-29(2)14-15-31-24(33)17-26(25(31)34,21-7-3-4-8-22(21)27)16-23(32)30-12-9-19(10-13-30)35-20-6-5-11-28-18-20/h3-8,11,18-19H,9-10,12-17H2,1-2H3/t26-/m1/s1. The molecule has 2 fully saturated rings. The van der Waals surface area contributed by atoms with Gasteiger partial charge in [0.1, 0.15) is 17.7 Å². The van der Waals surface area contributed by atoms with Crippen molar-refractivity contribution in [2.45, 2.75) is 37.2 Å². The number of ether oxygens (including phenoxy) is 1. The molecule has 3 heterocycles. The number of halogens is 1. The molecule has 9 heteroatoms. The highest BCUT2D eigenvalue weighted by Crippen LogP contribution is 2.41. The van der Waals surface area contributed by atoms with Gasteiger partial charge in [-0.3, -0.25) is 24.3 Å². The van der Waals surface area contributed by atoms with Crippen molar-refractivity contribution in [2.24, 2.45) is 0 Å². The number of likely N-dealkylation sites (tertiary alicyclic amines) is 2. The molecule has 2 aromatic rings. The molecular formula is C26H31FN4O4. The Labute approximate surface area is 204 Å². The molecule has 35 heavy (non-hydrogen) atoms. The maximum absolute atomic E-state index is 14.9. The molecule has 0 N–H and O–H groups in total. The molecule has 0 spiro atoms. The molecule has 1 aromatic heterocycles. The van der Waals surface area contributed by atoms with E-state index in [0.29, 0.717) is 38.2 Å². The fraction of sp³-hybridized carbons (Fsp3) is 0.462. The van der Waals surface area contributed by atoms with Gasteiger partial charge >= 0.3 is 0 Å². The van der Waals surface area contributed by atoms with E-state index in [1.54, 1.807) is 29.4 Å². The quantitative estimate of drug-likeness (QED) is 0.537. The van der Waals surface area contributed by atoms with Crippen molar-refractivity contribution in [3.8, 4) is 5.75 Å². The Kier molecular flexibility index (Phi) is 7.45. The number of hydrogen-bond acceptors (Lipinski definition) is 6. The van der Waals surface area contributed by atoms with Gasteiger partial charge < -0.3 is 14.5 Å². The van der Waals surface area contributed by atoms with Gasteiger partial charge in [0.2, 0.25) is 17.7 Å². The highest BCUT2D eigenvalue weighted by Gasteiger charge is 2.55. The third kappa shape index (κ3) is 5.35. The predicted molar refractivity (Wildman–Crippen MR) is 127 cm³/mol. The van der Waals surface area contributed by atoms with Gasteiger partial charge in [0.15, 0.2) is 0 Å². The molecule has 2 saturated heterocycles. The lowest BCUT2D eigenvalue weighted by molar-refractivity contribution is -0.143. The van der Waals surface area contributed by atoms with Gasteiger partial charge in [0.25, 0.3) is 0 Å². The van der Waals surface area contributed by atoms with E-state index in [9.17, 15) is 18.8 Å². The lowest BCUT2D eigenvalue weighted by Gasteiger charge is -2.35. The molecule has 8 nitrogen and oxygen atoms in total. The van der Waals surface area contributed by atoms with E-state index < -0.39 is 17.1 Å². The zero-order chi connectivity index (χ0) is 25.0. The van der Waals surface area contributed by atoms with Crippen molar-refractivity contribution in [3.63, 3.8) is 0 Å². The molecular weight excluding hydrogens is 451 g/mol. The summed E-state index contributed by atoms with van der Waals surface area (Å²) >= 11 is 0. The van der Waals surface area contributed by atoms with Crippen LogP contribution < -0.4 is 4.74 Å². The number of piperidine rings is 1. The van der Waals surface area contributed by atoms with E-state index in [0.717, 1.165) is 0 Å². The van der Waals surface area contributed by atoms with Gasteiger partial charge in [-0.15, -0.1) is 0 Å². The van der Waals surface area contributed by atoms with E-state index in [1.807, 2.05) is 25.1 Å². The van der Waals surface area contributed by atoms with Crippen molar-refractivity contribution in [2.75, 3.05) is 40.3 Å². The maximum atomic E-state index is 14.9. The second-order valence-corrected chi connectivity index (χ2v) is 9.46. The van der Waals surface area contributed by atoms with Gasteiger partial charge in [-0.1, -0.05) is 18.2 Å². The first kappa shape index (κ1) is 24.8. The number of rotatable bonds is 8. The number of nitrogens with zero attached hydrogens (tertiary/aromatic N) is 4. The Bertz CT molecular complexity index is 1070. The molecule has 3 amide bonds. The van der Waals surface area contributed by atoms with E-state index in [1.165, 1.54) is 23.1 Å². The Morgan fingerprint density at radius 2 is 1.91 bits per heavy atom. The Hall–Kier alpha value is -3.33. The van der Waals surface area contributed by atoms with Crippen molar-refractivity contribution in [3.05, 3.63) is 60.2 Å². The van der Waals surface area contributed by atoms with Crippen LogP contribution in [0, 0.1) is 5.82 Å². The van der Waals surface area contributed by atoms with E-state index in [-0.39, 0.29) is 42.9 Å². The van der Waals surface area contributed by atoms with Crippen molar-refractivity contribution < 1.29 is 23.5 Å².